The lowest BCUT2D eigenvalue weighted by atomic mass is 9.84. The van der Waals surface area contributed by atoms with Gasteiger partial charge in [0.25, 0.3) is 0 Å². The van der Waals surface area contributed by atoms with E-state index >= 15 is 0 Å². The SMILES string of the molecule is COc1ccc(C(C(=O)NCc2ncc3ccccn23)C2CCCC2)cc1. The van der Waals surface area contributed by atoms with E-state index in [9.17, 15) is 4.79 Å². The Morgan fingerprint density at radius 2 is 2.00 bits per heavy atom. The largest absolute Gasteiger partial charge is 0.497 e. The first-order valence-electron chi connectivity index (χ1n) is 9.59. The van der Waals surface area contributed by atoms with Crippen molar-refractivity contribution < 1.29 is 9.53 Å². The van der Waals surface area contributed by atoms with Crippen molar-refractivity contribution >= 4 is 11.4 Å². The van der Waals surface area contributed by atoms with E-state index in [0.717, 1.165) is 35.5 Å². The molecule has 0 aliphatic heterocycles. The van der Waals surface area contributed by atoms with Gasteiger partial charge in [-0.25, -0.2) is 4.98 Å². The predicted octanol–water partition coefficient (Wildman–Crippen LogP) is 3.93. The second kappa shape index (κ2) is 7.82. The van der Waals surface area contributed by atoms with Crippen LogP contribution in [0.1, 0.15) is 43.0 Å². The van der Waals surface area contributed by atoms with Gasteiger partial charge < -0.3 is 14.5 Å². The molecule has 27 heavy (non-hydrogen) atoms. The zero-order chi connectivity index (χ0) is 18.6. The van der Waals surface area contributed by atoms with Crippen LogP contribution in [-0.4, -0.2) is 22.4 Å². The van der Waals surface area contributed by atoms with Gasteiger partial charge in [-0.3, -0.25) is 4.79 Å². The first-order valence-corrected chi connectivity index (χ1v) is 9.59. The third-order valence-corrected chi connectivity index (χ3v) is 5.56. The van der Waals surface area contributed by atoms with Gasteiger partial charge in [-0.15, -0.1) is 0 Å². The van der Waals surface area contributed by atoms with Crippen molar-refractivity contribution in [2.45, 2.75) is 38.1 Å². The van der Waals surface area contributed by atoms with Gasteiger partial charge in [0.1, 0.15) is 11.6 Å². The van der Waals surface area contributed by atoms with Crippen LogP contribution in [0.5, 0.6) is 5.75 Å². The van der Waals surface area contributed by atoms with Crippen molar-refractivity contribution in [1.82, 2.24) is 14.7 Å². The number of pyridine rings is 1. The van der Waals surface area contributed by atoms with Crippen molar-refractivity contribution in [3.05, 3.63) is 66.2 Å². The van der Waals surface area contributed by atoms with Gasteiger partial charge in [0.05, 0.1) is 31.3 Å². The molecular formula is C22H25N3O2. The molecule has 1 aliphatic rings. The highest BCUT2D eigenvalue weighted by Crippen LogP contribution is 2.38. The number of amides is 1. The van der Waals surface area contributed by atoms with Crippen LogP contribution in [0.2, 0.25) is 0 Å². The zero-order valence-electron chi connectivity index (χ0n) is 15.6. The first-order chi connectivity index (χ1) is 13.3. The maximum absolute atomic E-state index is 13.1. The lowest BCUT2D eigenvalue weighted by molar-refractivity contribution is -0.124. The van der Waals surface area contributed by atoms with Crippen molar-refractivity contribution in [2.75, 3.05) is 7.11 Å². The molecule has 4 rings (SSSR count). The van der Waals surface area contributed by atoms with Gasteiger partial charge in [-0.1, -0.05) is 31.0 Å². The fourth-order valence-electron chi connectivity index (χ4n) is 4.15. The van der Waals surface area contributed by atoms with Crippen LogP contribution in [-0.2, 0) is 11.3 Å². The molecule has 3 aromatic rings. The molecule has 1 aromatic carbocycles. The summed E-state index contributed by atoms with van der Waals surface area (Å²) in [4.78, 5) is 17.6. The summed E-state index contributed by atoms with van der Waals surface area (Å²) in [6.45, 7) is 0.427. The van der Waals surface area contributed by atoms with E-state index in [4.69, 9.17) is 4.74 Å². The number of hydrogen-bond donors (Lipinski definition) is 1. The smallest absolute Gasteiger partial charge is 0.228 e. The van der Waals surface area contributed by atoms with Crippen LogP contribution >= 0.6 is 0 Å². The molecule has 1 atom stereocenters. The summed E-state index contributed by atoms with van der Waals surface area (Å²) >= 11 is 0. The number of fused-ring (bicyclic) bond motifs is 1. The number of rotatable bonds is 6. The minimum absolute atomic E-state index is 0.0831. The zero-order valence-corrected chi connectivity index (χ0v) is 15.6. The van der Waals surface area contributed by atoms with Gasteiger partial charge in [0.2, 0.25) is 5.91 Å². The van der Waals surface area contributed by atoms with Crippen molar-refractivity contribution in [3.63, 3.8) is 0 Å². The van der Waals surface area contributed by atoms with E-state index in [1.807, 2.05) is 59.3 Å². The third kappa shape index (κ3) is 3.68. The Hall–Kier alpha value is -2.82. The summed E-state index contributed by atoms with van der Waals surface area (Å²) in [6.07, 6.45) is 8.43. The Morgan fingerprint density at radius 3 is 2.74 bits per heavy atom. The number of benzene rings is 1. The fraction of sp³-hybridized carbons (Fsp3) is 0.364. The van der Waals surface area contributed by atoms with Crippen LogP contribution in [0, 0.1) is 5.92 Å². The number of nitrogens with one attached hydrogen (secondary N) is 1. The topological polar surface area (TPSA) is 55.6 Å². The summed E-state index contributed by atoms with van der Waals surface area (Å²) in [7, 11) is 1.66. The molecule has 5 nitrogen and oxygen atoms in total. The van der Waals surface area contributed by atoms with Crippen LogP contribution in [0.25, 0.3) is 5.52 Å². The van der Waals surface area contributed by atoms with Gasteiger partial charge in [-0.2, -0.15) is 0 Å². The van der Waals surface area contributed by atoms with Crippen molar-refractivity contribution in [1.29, 1.82) is 0 Å². The van der Waals surface area contributed by atoms with Crippen LogP contribution in [0.15, 0.2) is 54.9 Å². The maximum Gasteiger partial charge on any atom is 0.228 e. The minimum Gasteiger partial charge on any atom is -0.497 e. The van der Waals surface area contributed by atoms with Crippen LogP contribution < -0.4 is 10.1 Å². The number of carbonyl (C=O) groups excluding carboxylic acids is 1. The van der Waals surface area contributed by atoms with E-state index in [2.05, 4.69) is 10.3 Å². The highest BCUT2D eigenvalue weighted by atomic mass is 16.5. The van der Waals surface area contributed by atoms with Crippen molar-refractivity contribution in [2.24, 2.45) is 5.92 Å². The molecule has 2 heterocycles. The Bertz CT molecular complexity index is 911. The maximum atomic E-state index is 13.1. The fourth-order valence-corrected chi connectivity index (χ4v) is 4.15. The lowest BCUT2D eigenvalue weighted by Gasteiger charge is -2.23. The number of aromatic nitrogens is 2. The third-order valence-electron chi connectivity index (χ3n) is 5.56. The highest BCUT2D eigenvalue weighted by Gasteiger charge is 2.32. The standard InChI is InChI=1S/C22H25N3O2/c1-27-19-11-9-17(10-12-19)21(16-6-2-3-7-16)22(26)24-15-20-23-14-18-8-4-5-13-25(18)20/h4-5,8-14,16,21H,2-3,6-7,15H2,1H3,(H,24,26). The number of methoxy groups -OCH3 is 1. The molecule has 1 fully saturated rings. The predicted molar refractivity (Wildman–Crippen MR) is 105 cm³/mol. The highest BCUT2D eigenvalue weighted by molar-refractivity contribution is 5.84. The molecule has 0 spiro atoms. The van der Waals surface area contributed by atoms with Gasteiger partial charge in [-0.05, 0) is 48.6 Å². The number of imidazole rings is 1. The average molecular weight is 363 g/mol. The minimum atomic E-state index is -0.121. The second-order valence-electron chi connectivity index (χ2n) is 7.18. The quantitative estimate of drug-likeness (QED) is 0.722. The van der Waals surface area contributed by atoms with E-state index in [1.165, 1.54) is 12.8 Å². The number of nitrogens with zero attached hydrogens (tertiary/aromatic N) is 2. The Labute approximate surface area is 159 Å². The molecule has 1 amide bonds. The number of ether oxygens (including phenoxy) is 1. The van der Waals surface area contributed by atoms with Gasteiger partial charge >= 0.3 is 0 Å². The summed E-state index contributed by atoms with van der Waals surface area (Å²) in [5.74, 6) is 2.02. The summed E-state index contributed by atoms with van der Waals surface area (Å²) < 4.78 is 7.27. The molecule has 1 N–H and O–H groups in total. The van der Waals surface area contributed by atoms with Crippen LogP contribution in [0.3, 0.4) is 0 Å². The Morgan fingerprint density at radius 1 is 1.22 bits per heavy atom. The molecular weight excluding hydrogens is 338 g/mol. The van der Waals surface area contributed by atoms with E-state index in [-0.39, 0.29) is 11.8 Å². The molecule has 0 saturated heterocycles. The monoisotopic (exact) mass is 363 g/mol. The molecule has 0 bridgehead atoms. The van der Waals surface area contributed by atoms with Crippen LogP contribution in [0.4, 0.5) is 0 Å². The molecule has 2 aromatic heterocycles. The average Bonchev–Trinajstić information content (AvgIpc) is 3.37. The molecule has 1 saturated carbocycles. The van der Waals surface area contributed by atoms with E-state index in [1.54, 1.807) is 7.11 Å². The first kappa shape index (κ1) is 17.6. The molecule has 0 radical (unpaired) electrons. The Kier molecular flexibility index (Phi) is 5.10. The van der Waals surface area contributed by atoms with Gasteiger partial charge in [0.15, 0.2) is 0 Å². The molecule has 1 aliphatic carbocycles. The Balaban J connectivity index is 1.53. The second-order valence-corrected chi connectivity index (χ2v) is 7.18. The number of hydrogen-bond acceptors (Lipinski definition) is 3. The van der Waals surface area contributed by atoms with Gasteiger partial charge in [0, 0.05) is 6.20 Å². The lowest BCUT2D eigenvalue weighted by Crippen LogP contribution is -2.33. The summed E-state index contributed by atoms with van der Waals surface area (Å²) in [6, 6.07) is 13.9. The number of carbonyl (C=O) groups is 1. The summed E-state index contributed by atoms with van der Waals surface area (Å²) in [5, 5.41) is 3.13. The molecule has 140 valence electrons. The molecule has 5 heteroatoms. The van der Waals surface area contributed by atoms with E-state index in [0.29, 0.717) is 12.5 Å². The summed E-state index contributed by atoms with van der Waals surface area (Å²) in [5.41, 5.74) is 2.09. The van der Waals surface area contributed by atoms with Crippen molar-refractivity contribution in [3.8, 4) is 5.75 Å². The normalized spacial score (nSPS) is 15.7. The molecule has 1 unspecified atom stereocenters. The van der Waals surface area contributed by atoms with E-state index < -0.39 is 0 Å².